The molecule has 94 valence electrons. The Kier molecular flexibility index (Phi) is 4.15. The molecule has 0 aromatic carbocycles. The van der Waals surface area contributed by atoms with Crippen molar-refractivity contribution in [1.82, 2.24) is 0 Å². The molecule has 4 nitrogen and oxygen atoms in total. The molecule has 1 aromatic heterocycles. The third-order valence-corrected chi connectivity index (χ3v) is 3.95. The first-order chi connectivity index (χ1) is 8.16. The van der Waals surface area contributed by atoms with E-state index >= 15 is 0 Å². The number of aryl methyl sites for hydroxylation is 1. The van der Waals surface area contributed by atoms with E-state index in [1.165, 1.54) is 11.3 Å². The van der Waals surface area contributed by atoms with Gasteiger partial charge in [-0.1, -0.05) is 0 Å². The van der Waals surface area contributed by atoms with Crippen molar-refractivity contribution in [2.45, 2.75) is 32.5 Å². The molecule has 2 rings (SSSR count). The molecule has 0 aliphatic carbocycles. The lowest BCUT2D eigenvalue weighted by Gasteiger charge is -2.22. The van der Waals surface area contributed by atoms with Gasteiger partial charge in [0.15, 0.2) is 0 Å². The fourth-order valence-electron chi connectivity index (χ4n) is 1.82. The first kappa shape index (κ1) is 12.5. The molecule has 5 heteroatoms. The fourth-order valence-corrected chi connectivity index (χ4v) is 2.69. The highest BCUT2D eigenvalue weighted by Gasteiger charge is 2.16. The summed E-state index contributed by atoms with van der Waals surface area (Å²) in [7, 11) is 0. The SMILES string of the molecule is Cc1sc(C(=O)O)cc1COC1CCOCC1. The molecule has 17 heavy (non-hydrogen) atoms. The molecule has 1 fully saturated rings. The molecule has 0 radical (unpaired) electrons. The van der Waals surface area contributed by atoms with Crippen LogP contribution in [0.25, 0.3) is 0 Å². The first-order valence-corrected chi connectivity index (χ1v) is 6.50. The Balaban J connectivity index is 1.91. The highest BCUT2D eigenvalue weighted by atomic mass is 32.1. The molecule has 1 saturated heterocycles. The minimum absolute atomic E-state index is 0.247. The maximum atomic E-state index is 10.8. The Bertz CT molecular complexity index is 393. The summed E-state index contributed by atoms with van der Waals surface area (Å²) in [5, 5.41) is 8.89. The van der Waals surface area contributed by atoms with E-state index in [0.29, 0.717) is 11.5 Å². The van der Waals surface area contributed by atoms with Gasteiger partial charge >= 0.3 is 5.97 Å². The van der Waals surface area contributed by atoms with Crippen LogP contribution in [0.3, 0.4) is 0 Å². The van der Waals surface area contributed by atoms with Crippen molar-refractivity contribution < 1.29 is 19.4 Å². The largest absolute Gasteiger partial charge is 0.477 e. The maximum Gasteiger partial charge on any atom is 0.345 e. The van der Waals surface area contributed by atoms with Gasteiger partial charge in [-0.3, -0.25) is 0 Å². The van der Waals surface area contributed by atoms with E-state index in [1.807, 2.05) is 6.92 Å². The Morgan fingerprint density at radius 2 is 2.29 bits per heavy atom. The molecule has 0 spiro atoms. The van der Waals surface area contributed by atoms with Gasteiger partial charge in [0.05, 0.1) is 12.7 Å². The van der Waals surface area contributed by atoms with Crippen LogP contribution in [0.1, 0.15) is 33.0 Å². The van der Waals surface area contributed by atoms with Gasteiger partial charge in [-0.25, -0.2) is 4.79 Å². The third kappa shape index (κ3) is 3.28. The standard InChI is InChI=1S/C12H16O4S/c1-8-9(6-11(17-8)12(13)14)7-16-10-2-4-15-5-3-10/h6,10H,2-5,7H2,1H3,(H,13,14). The lowest BCUT2D eigenvalue weighted by atomic mass is 10.1. The molecule has 2 heterocycles. The van der Waals surface area contributed by atoms with Gasteiger partial charge in [-0.05, 0) is 31.4 Å². The van der Waals surface area contributed by atoms with Crippen LogP contribution in [-0.2, 0) is 16.1 Å². The minimum atomic E-state index is -0.865. The topological polar surface area (TPSA) is 55.8 Å². The molecule has 0 unspecified atom stereocenters. The Labute approximate surface area is 104 Å². The van der Waals surface area contributed by atoms with Gasteiger partial charge in [0, 0.05) is 18.1 Å². The van der Waals surface area contributed by atoms with E-state index in [9.17, 15) is 4.79 Å². The predicted octanol–water partition coefficient (Wildman–Crippen LogP) is 2.45. The van der Waals surface area contributed by atoms with E-state index in [2.05, 4.69) is 0 Å². The second-order valence-corrected chi connectivity index (χ2v) is 5.38. The minimum Gasteiger partial charge on any atom is -0.477 e. The zero-order valence-electron chi connectivity index (χ0n) is 9.77. The van der Waals surface area contributed by atoms with E-state index in [4.69, 9.17) is 14.6 Å². The van der Waals surface area contributed by atoms with Gasteiger partial charge in [0.2, 0.25) is 0 Å². The van der Waals surface area contributed by atoms with Crippen molar-refractivity contribution in [2.24, 2.45) is 0 Å². The Morgan fingerprint density at radius 1 is 1.59 bits per heavy atom. The number of hydrogen-bond donors (Lipinski definition) is 1. The highest BCUT2D eigenvalue weighted by Crippen LogP contribution is 2.23. The number of hydrogen-bond acceptors (Lipinski definition) is 4. The van der Waals surface area contributed by atoms with Crippen LogP contribution in [-0.4, -0.2) is 30.4 Å². The molecule has 1 aliphatic rings. The van der Waals surface area contributed by atoms with Crippen molar-refractivity contribution >= 4 is 17.3 Å². The van der Waals surface area contributed by atoms with E-state index < -0.39 is 5.97 Å². The number of carboxylic acid groups (broad SMARTS) is 1. The lowest BCUT2D eigenvalue weighted by Crippen LogP contribution is -2.23. The molecule has 1 aliphatic heterocycles. The molecular weight excluding hydrogens is 240 g/mol. The van der Waals surface area contributed by atoms with Gasteiger partial charge in [0.25, 0.3) is 0 Å². The van der Waals surface area contributed by atoms with Crippen molar-refractivity contribution in [1.29, 1.82) is 0 Å². The van der Waals surface area contributed by atoms with Crippen molar-refractivity contribution in [3.05, 3.63) is 21.4 Å². The Morgan fingerprint density at radius 3 is 2.88 bits per heavy atom. The van der Waals surface area contributed by atoms with Crippen LogP contribution in [0.15, 0.2) is 6.07 Å². The Hall–Kier alpha value is -0.910. The zero-order chi connectivity index (χ0) is 12.3. The van der Waals surface area contributed by atoms with Gasteiger partial charge in [-0.2, -0.15) is 0 Å². The average Bonchev–Trinajstić information content (AvgIpc) is 2.70. The summed E-state index contributed by atoms with van der Waals surface area (Å²) >= 11 is 1.30. The summed E-state index contributed by atoms with van der Waals surface area (Å²) in [6.45, 7) is 3.95. The summed E-state index contributed by atoms with van der Waals surface area (Å²) in [5.41, 5.74) is 0.985. The third-order valence-electron chi connectivity index (χ3n) is 2.87. The van der Waals surface area contributed by atoms with E-state index in [-0.39, 0.29) is 6.10 Å². The normalized spacial score (nSPS) is 17.2. The quantitative estimate of drug-likeness (QED) is 0.899. The van der Waals surface area contributed by atoms with Crippen LogP contribution >= 0.6 is 11.3 Å². The molecule has 0 amide bonds. The average molecular weight is 256 g/mol. The second-order valence-electron chi connectivity index (χ2n) is 4.12. The zero-order valence-corrected chi connectivity index (χ0v) is 10.6. The number of ether oxygens (including phenoxy) is 2. The predicted molar refractivity (Wildman–Crippen MR) is 64.6 cm³/mol. The molecule has 1 N–H and O–H groups in total. The smallest absolute Gasteiger partial charge is 0.345 e. The molecule has 0 bridgehead atoms. The fraction of sp³-hybridized carbons (Fsp3) is 0.583. The van der Waals surface area contributed by atoms with Gasteiger partial charge < -0.3 is 14.6 Å². The number of aromatic carboxylic acids is 1. The van der Waals surface area contributed by atoms with E-state index in [0.717, 1.165) is 36.5 Å². The van der Waals surface area contributed by atoms with Crippen LogP contribution in [0.4, 0.5) is 0 Å². The molecular formula is C12H16O4S. The van der Waals surface area contributed by atoms with Crippen LogP contribution in [0, 0.1) is 6.92 Å². The highest BCUT2D eigenvalue weighted by molar-refractivity contribution is 7.14. The summed E-state index contributed by atoms with van der Waals surface area (Å²) in [6.07, 6.45) is 2.10. The lowest BCUT2D eigenvalue weighted by molar-refractivity contribution is -0.0390. The molecule has 1 aromatic rings. The number of rotatable bonds is 4. The van der Waals surface area contributed by atoms with Crippen molar-refractivity contribution in [2.75, 3.05) is 13.2 Å². The van der Waals surface area contributed by atoms with E-state index in [1.54, 1.807) is 6.07 Å². The van der Waals surface area contributed by atoms with Crippen LogP contribution in [0.5, 0.6) is 0 Å². The van der Waals surface area contributed by atoms with Crippen molar-refractivity contribution in [3.63, 3.8) is 0 Å². The summed E-state index contributed by atoms with van der Waals surface area (Å²) in [6, 6.07) is 1.71. The van der Waals surface area contributed by atoms with Gasteiger partial charge in [-0.15, -0.1) is 11.3 Å². The number of carboxylic acids is 1. The maximum absolute atomic E-state index is 10.8. The molecule has 0 saturated carbocycles. The van der Waals surface area contributed by atoms with Gasteiger partial charge in [0.1, 0.15) is 4.88 Å². The summed E-state index contributed by atoms with van der Waals surface area (Å²) in [5.74, 6) is -0.865. The summed E-state index contributed by atoms with van der Waals surface area (Å²) < 4.78 is 11.0. The first-order valence-electron chi connectivity index (χ1n) is 5.69. The summed E-state index contributed by atoms with van der Waals surface area (Å²) in [4.78, 5) is 12.2. The number of thiophene rings is 1. The molecule has 0 atom stereocenters. The van der Waals surface area contributed by atoms with Crippen LogP contribution in [0.2, 0.25) is 0 Å². The second kappa shape index (κ2) is 5.62. The van der Waals surface area contributed by atoms with Crippen molar-refractivity contribution in [3.8, 4) is 0 Å². The van der Waals surface area contributed by atoms with Crippen LogP contribution < -0.4 is 0 Å². The monoisotopic (exact) mass is 256 g/mol. The number of carbonyl (C=O) groups is 1.